The van der Waals surface area contributed by atoms with Crippen molar-refractivity contribution in [1.82, 2.24) is 9.80 Å². The van der Waals surface area contributed by atoms with E-state index in [1.165, 1.54) is 58.9 Å². The SMILES string of the molecule is CC(=O)[O-].CC(=O)[O-].CC(=O)[O-].CC(=O)[O-].CCO.CCO.CN(C)C=O.CN(C)C=O.O=[N+]([O-])[O-].O=[N+]([O-])[O-].O=[N+]([O-])[O-].O=[N+]([O-])[O-].[Co+3].[Co+3].[Gd+3].[Gd+3].[Gd+3].[Gd+3].[O-]Cc1ccccc1N=Cc1ccccc1[O-].[O-]Cc1ccccc1N=Cc1ccccc1[O-].[O-]Cc1ccccc1N=Cc1ccccc1[O-].[O-]Cc1ccccc1N=Cc1ccccc1[O-].[OH-].[OH-]. The van der Waals surface area contributed by atoms with Crippen LogP contribution in [-0.4, -0.2) is 154 Å². The van der Waals surface area contributed by atoms with Crippen LogP contribution in [0.2, 0.25) is 0 Å². The van der Waals surface area contributed by atoms with Crippen LogP contribution in [0.15, 0.2) is 214 Å². The van der Waals surface area contributed by atoms with Gasteiger partial charge in [0.05, 0.1) is 43.1 Å². The summed E-state index contributed by atoms with van der Waals surface area (Å²) < 4.78 is 0. The van der Waals surface area contributed by atoms with E-state index >= 15 is 0 Å². The number of benzene rings is 8. The normalized spacial score (nSPS) is 8.39. The van der Waals surface area contributed by atoms with Crippen LogP contribution in [0.4, 0.5) is 22.7 Å². The smallest absolute Gasteiger partial charge is 0.872 e. The topological polar surface area (TPSA) is 800 Å². The molecule has 0 unspecified atom stereocenters. The van der Waals surface area contributed by atoms with Gasteiger partial charge in [-0.1, -0.05) is 170 Å². The van der Waals surface area contributed by atoms with Gasteiger partial charge in [0.2, 0.25) is 12.8 Å². The first-order chi connectivity index (χ1) is 54.5. The standard InChI is InChI=1S/4C14H12NO2.2C3H7NO.4C2H4O2.2C2H6O.2Co.4Gd.4NO3.2H2O/c4*16-10-12-6-1-3-7-13(12)15-9-11-5-2-4-8-14(11)17;2*1-4(2)3-5;4*1-2(3)4;2*1-2-3;;;;;;;4*2-1(3)4;;/h4*1-9,17H,10H2;2*3H,1-2H3;4*1H3,(H,3,4);2*3H,2H2,1H3;;;;;;;;;;;2*1H2/q4*-1;;;;;;;;;6*+3;4*-1;;/p-10. The Morgan fingerprint density at radius 1 is 0.323 bits per heavy atom. The fourth-order valence-electron chi connectivity index (χ4n) is 5.94. The molecule has 50 heteroatoms. The monoisotopic (exact) mass is 2410 g/mol. The van der Waals surface area contributed by atoms with Crippen molar-refractivity contribution >= 4 is 84.3 Å². The molecule has 684 valence electrons. The van der Waals surface area contributed by atoms with Crippen molar-refractivity contribution in [3.8, 4) is 23.0 Å². The molecule has 8 aromatic rings. The van der Waals surface area contributed by atoms with Crippen molar-refractivity contribution in [2.24, 2.45) is 20.0 Å². The van der Waals surface area contributed by atoms with E-state index in [-0.39, 0.29) is 267 Å². The third kappa shape index (κ3) is 115. The van der Waals surface area contributed by atoms with Crippen molar-refractivity contribution in [2.75, 3.05) is 41.4 Å². The number of carboxylic acid groups (broad SMARTS) is 4. The first-order valence-electron chi connectivity index (χ1n) is 31.7. The van der Waals surface area contributed by atoms with E-state index in [1.54, 1.807) is 188 Å². The Kier molecular flexibility index (Phi) is 131. The van der Waals surface area contributed by atoms with Crippen LogP contribution in [0.25, 0.3) is 0 Å². The molecule has 44 nitrogen and oxygen atoms in total. The maximum atomic E-state index is 11.4. The number of aliphatic carboxylic acids is 4. The predicted molar refractivity (Wildman–Crippen MR) is 406 cm³/mol. The number of rotatable bonds is 14. The summed E-state index contributed by atoms with van der Waals surface area (Å²) in [7, 11) is 6.75. The molecule has 0 saturated carbocycles. The number of carbonyl (C=O) groups is 6. The number of carboxylic acids is 4. The summed E-state index contributed by atoms with van der Waals surface area (Å²) in [5, 5.41) is 199. The molecule has 8 aromatic carbocycles. The molecule has 0 atom stereocenters. The Labute approximate surface area is 861 Å². The molecule has 0 aliphatic carbocycles. The molecule has 4 radical (unpaired) electrons. The Morgan fingerprint density at radius 3 is 0.532 bits per heavy atom. The molecule has 2 amide bonds. The minimum absolute atomic E-state index is 0. The van der Waals surface area contributed by atoms with Gasteiger partial charge < -0.3 is 173 Å². The summed E-state index contributed by atoms with van der Waals surface area (Å²) in [6.45, 7) is 6.50. The van der Waals surface area contributed by atoms with Gasteiger partial charge in [0.15, 0.2) is 0 Å². The second-order valence-corrected chi connectivity index (χ2v) is 19.9. The number of carbonyl (C=O) groups excluding carboxylic acids is 6. The summed E-state index contributed by atoms with van der Waals surface area (Å²) in [5.41, 5.74) is 7.08. The number of aliphatic hydroxyl groups excluding tert-OH is 2. The van der Waals surface area contributed by atoms with Crippen LogP contribution in [-0.2, 0) is 88.8 Å². The van der Waals surface area contributed by atoms with Crippen molar-refractivity contribution < 1.29 is 325 Å². The minimum atomic E-state index is -1.75. The summed E-state index contributed by atoms with van der Waals surface area (Å²) in [6.07, 6.45) is 7.49. The minimum Gasteiger partial charge on any atom is -0.872 e. The molecule has 0 aliphatic rings. The molecule has 0 spiro atoms. The summed E-state index contributed by atoms with van der Waals surface area (Å²) in [6, 6.07) is 55.1. The second kappa shape index (κ2) is 107. The van der Waals surface area contributed by atoms with Gasteiger partial charge in [-0.15, -0.1) is 49.4 Å². The van der Waals surface area contributed by atoms with E-state index in [2.05, 4.69) is 20.0 Å². The Balaban J connectivity index is -0.0000000751. The Morgan fingerprint density at radius 2 is 0.427 bits per heavy atom. The molecular weight excluding hydrogens is 2320 g/mol. The van der Waals surface area contributed by atoms with E-state index in [9.17, 15) is 50.4 Å². The molecule has 0 bridgehead atoms. The molecule has 0 heterocycles. The number of amides is 2. The zero-order chi connectivity index (χ0) is 91.0. The largest absolute Gasteiger partial charge is 3.00 e. The molecule has 0 aliphatic heterocycles. The molecule has 0 fully saturated rings. The van der Waals surface area contributed by atoms with Crippen LogP contribution in [0.3, 0.4) is 0 Å². The van der Waals surface area contributed by atoms with Crippen LogP contribution in [0, 0.1) is 221 Å². The fraction of sp³-hybridized carbons (Fsp3) is 0.216. The average molecular weight is 2400 g/mol. The quantitative estimate of drug-likeness (QED) is 0.0547. The van der Waals surface area contributed by atoms with Crippen LogP contribution < -0.4 is 61.3 Å². The summed E-state index contributed by atoms with van der Waals surface area (Å²) in [5.74, 6) is -4.63. The first kappa shape index (κ1) is 153. The second-order valence-electron chi connectivity index (χ2n) is 19.9. The van der Waals surface area contributed by atoms with Crippen molar-refractivity contribution in [2.45, 2.75) is 68.0 Å². The molecule has 0 aromatic heterocycles. The number of aliphatic hydroxyl groups is 2. The third-order valence-corrected chi connectivity index (χ3v) is 10.1. The first-order valence-corrected chi connectivity index (χ1v) is 31.7. The molecule has 124 heavy (non-hydrogen) atoms. The number of para-hydroxylation sites is 8. The maximum Gasteiger partial charge on any atom is 3.00 e. The third-order valence-electron chi connectivity index (χ3n) is 10.1. The van der Waals surface area contributed by atoms with Gasteiger partial charge in [0.25, 0.3) is 0 Å². The zero-order valence-electron chi connectivity index (χ0n) is 66.8. The Bertz CT molecular complexity index is 3590. The molecule has 0 saturated heterocycles. The zero-order valence-corrected chi connectivity index (χ0v) is 77.9. The van der Waals surface area contributed by atoms with E-state index in [4.69, 9.17) is 111 Å². The van der Waals surface area contributed by atoms with E-state index in [0.717, 1.165) is 40.5 Å². The summed E-state index contributed by atoms with van der Waals surface area (Å²) in [4.78, 5) is 107. The molecule has 4 N–H and O–H groups in total. The average Bonchev–Trinajstić information content (AvgIpc) is 0.889. The van der Waals surface area contributed by atoms with Crippen LogP contribution in [0.5, 0.6) is 23.0 Å². The van der Waals surface area contributed by atoms with E-state index in [0.29, 0.717) is 67.3 Å². The van der Waals surface area contributed by atoms with Gasteiger partial charge in [-0.3, -0.25) is 29.6 Å². The van der Waals surface area contributed by atoms with E-state index < -0.39 is 44.2 Å². The van der Waals surface area contributed by atoms with Crippen LogP contribution >= 0.6 is 0 Å². The number of aliphatic imine (C=N–C) groups is 4. The maximum absolute atomic E-state index is 11.4. The number of nitrogens with zero attached hydrogens (tertiary/aromatic N) is 10. The summed E-state index contributed by atoms with van der Waals surface area (Å²) >= 11 is 0. The van der Waals surface area contributed by atoms with Crippen molar-refractivity contribution in [1.29, 1.82) is 0 Å². The van der Waals surface area contributed by atoms with Gasteiger partial charge in [-0.25, -0.2) is 0 Å². The van der Waals surface area contributed by atoms with E-state index in [1.807, 2.05) is 24.3 Å². The van der Waals surface area contributed by atoms with Crippen molar-refractivity contribution in [3.63, 3.8) is 0 Å². The van der Waals surface area contributed by atoms with Gasteiger partial charge in [0, 0.05) is 90.1 Å². The molecular formula is C74H84Co2Gd4N10O34. The Hall–Kier alpha value is -8.75. The van der Waals surface area contributed by atoms with Gasteiger partial charge in [-0.2, -0.15) is 0 Å². The predicted octanol–water partition coefficient (Wildman–Crippen LogP) is -1.40. The van der Waals surface area contributed by atoms with Crippen molar-refractivity contribution in [3.05, 3.63) is 300 Å². The number of hydrogen-bond acceptors (Lipinski definition) is 38. The molecule has 8 rings (SSSR count). The van der Waals surface area contributed by atoms with Gasteiger partial charge >= 0.3 is 193 Å². The van der Waals surface area contributed by atoms with Gasteiger partial charge in [0.1, 0.15) is 0 Å². The number of hydrogen-bond donors (Lipinski definition) is 2. The fourth-order valence-corrected chi connectivity index (χ4v) is 5.94. The van der Waals surface area contributed by atoms with Gasteiger partial charge in [-0.05, 0) is 110 Å². The van der Waals surface area contributed by atoms with Crippen LogP contribution in [0.1, 0.15) is 86.1 Å².